The summed E-state index contributed by atoms with van der Waals surface area (Å²) in [5.41, 5.74) is 0.573. The van der Waals surface area contributed by atoms with E-state index < -0.39 is 17.8 Å². The molecule has 0 bridgehead atoms. The van der Waals surface area contributed by atoms with Gasteiger partial charge in [-0.1, -0.05) is 42.5 Å². The second kappa shape index (κ2) is 7.79. The number of amides is 2. The maximum atomic E-state index is 13.0. The van der Waals surface area contributed by atoms with Gasteiger partial charge in [0.2, 0.25) is 0 Å². The van der Waals surface area contributed by atoms with E-state index in [9.17, 15) is 18.0 Å². The predicted octanol–water partition coefficient (Wildman–Crippen LogP) is 5.46. The Labute approximate surface area is 158 Å². The molecule has 2 aromatic carbocycles. The normalized spacial score (nSPS) is 11.3. The van der Waals surface area contributed by atoms with Crippen LogP contribution in [-0.2, 0) is 12.7 Å². The number of para-hydroxylation sites is 1. The summed E-state index contributed by atoms with van der Waals surface area (Å²) in [7, 11) is 0. The number of anilines is 1. The molecule has 0 aliphatic carbocycles. The van der Waals surface area contributed by atoms with Crippen molar-refractivity contribution < 1.29 is 18.0 Å². The Hall–Kier alpha value is -2.87. The van der Waals surface area contributed by atoms with E-state index in [0.29, 0.717) is 0 Å². The Morgan fingerprint density at radius 1 is 1.07 bits per heavy atom. The Kier molecular flexibility index (Phi) is 5.46. The van der Waals surface area contributed by atoms with Crippen LogP contribution < -0.4 is 10.6 Å². The summed E-state index contributed by atoms with van der Waals surface area (Å²) in [4.78, 5) is 17.4. The van der Waals surface area contributed by atoms with Crippen LogP contribution in [0.25, 0.3) is 10.6 Å². The van der Waals surface area contributed by atoms with Crippen LogP contribution in [0.15, 0.2) is 54.6 Å². The number of aromatic nitrogens is 1. The second-order valence-corrected chi connectivity index (χ2v) is 6.83. The van der Waals surface area contributed by atoms with E-state index in [1.807, 2.05) is 37.3 Å². The van der Waals surface area contributed by atoms with Crippen molar-refractivity contribution in [3.8, 4) is 10.6 Å². The molecular formula is C19H16F3N3OS. The van der Waals surface area contributed by atoms with Gasteiger partial charge in [-0.05, 0) is 19.1 Å². The van der Waals surface area contributed by atoms with Gasteiger partial charge in [-0.2, -0.15) is 13.2 Å². The highest BCUT2D eigenvalue weighted by atomic mass is 32.1. The van der Waals surface area contributed by atoms with Crippen LogP contribution in [0.2, 0.25) is 0 Å². The van der Waals surface area contributed by atoms with Gasteiger partial charge in [0.1, 0.15) is 5.01 Å². The van der Waals surface area contributed by atoms with Gasteiger partial charge in [-0.25, -0.2) is 9.78 Å². The molecular weight excluding hydrogens is 375 g/mol. The predicted molar refractivity (Wildman–Crippen MR) is 99.6 cm³/mol. The molecule has 2 amide bonds. The number of aryl methyl sites for hydroxylation is 1. The number of nitrogens with zero attached hydrogens (tertiary/aromatic N) is 1. The number of urea groups is 1. The topological polar surface area (TPSA) is 54.0 Å². The summed E-state index contributed by atoms with van der Waals surface area (Å²) in [5.74, 6) is 0. The molecule has 2 N–H and O–H groups in total. The van der Waals surface area contributed by atoms with Crippen molar-refractivity contribution in [2.24, 2.45) is 0 Å². The van der Waals surface area contributed by atoms with Crippen LogP contribution in [0.5, 0.6) is 0 Å². The minimum absolute atomic E-state index is 0.177. The zero-order valence-corrected chi connectivity index (χ0v) is 15.1. The highest BCUT2D eigenvalue weighted by Crippen LogP contribution is 2.34. The molecule has 0 aliphatic heterocycles. The smallest absolute Gasteiger partial charge is 0.333 e. The van der Waals surface area contributed by atoms with Gasteiger partial charge in [0.25, 0.3) is 0 Å². The molecule has 140 valence electrons. The number of hydrogen-bond acceptors (Lipinski definition) is 3. The maximum Gasteiger partial charge on any atom is 0.418 e. The molecule has 0 fully saturated rings. The molecule has 1 aromatic heterocycles. The molecule has 27 heavy (non-hydrogen) atoms. The number of thiazole rings is 1. The third-order valence-corrected chi connectivity index (χ3v) is 5.01. The van der Waals surface area contributed by atoms with Gasteiger partial charge in [0.05, 0.1) is 23.5 Å². The van der Waals surface area contributed by atoms with E-state index >= 15 is 0 Å². The molecule has 3 rings (SSSR count). The summed E-state index contributed by atoms with van der Waals surface area (Å²) < 4.78 is 39.0. The molecule has 0 atom stereocenters. The second-order valence-electron chi connectivity index (χ2n) is 5.74. The molecule has 0 radical (unpaired) electrons. The molecule has 8 heteroatoms. The van der Waals surface area contributed by atoms with Crippen molar-refractivity contribution in [3.05, 3.63) is 70.7 Å². The SMILES string of the molecule is Cc1nc(-c2ccccc2)sc1CNC(=O)Nc1ccccc1C(F)(F)F. The van der Waals surface area contributed by atoms with E-state index in [4.69, 9.17) is 0 Å². The van der Waals surface area contributed by atoms with Crippen molar-refractivity contribution in [2.45, 2.75) is 19.6 Å². The fourth-order valence-corrected chi connectivity index (χ4v) is 3.47. The number of benzene rings is 2. The lowest BCUT2D eigenvalue weighted by molar-refractivity contribution is -0.136. The average molecular weight is 391 g/mol. The number of hydrogen-bond donors (Lipinski definition) is 2. The standard InChI is InChI=1S/C19H16F3N3OS/c1-12-16(27-17(24-12)13-7-3-2-4-8-13)11-23-18(26)25-15-10-6-5-9-14(15)19(20,21)22/h2-10H,11H2,1H3,(H2,23,25,26). The lowest BCUT2D eigenvalue weighted by atomic mass is 10.1. The van der Waals surface area contributed by atoms with Crippen molar-refractivity contribution in [2.75, 3.05) is 5.32 Å². The van der Waals surface area contributed by atoms with Gasteiger partial charge in [0.15, 0.2) is 0 Å². The first-order valence-electron chi connectivity index (χ1n) is 8.07. The first-order chi connectivity index (χ1) is 12.8. The quantitative estimate of drug-likeness (QED) is 0.621. The lowest BCUT2D eigenvalue weighted by Crippen LogP contribution is -2.29. The summed E-state index contributed by atoms with van der Waals surface area (Å²) in [6, 6.07) is 13.8. The number of carbonyl (C=O) groups is 1. The number of carbonyl (C=O) groups excluding carboxylic acids is 1. The Morgan fingerprint density at radius 3 is 2.44 bits per heavy atom. The third kappa shape index (κ3) is 4.65. The van der Waals surface area contributed by atoms with Crippen molar-refractivity contribution in [1.29, 1.82) is 0 Å². The fourth-order valence-electron chi connectivity index (χ4n) is 2.46. The molecule has 0 spiro atoms. The highest BCUT2D eigenvalue weighted by molar-refractivity contribution is 7.15. The molecule has 3 aromatic rings. The molecule has 0 saturated heterocycles. The van der Waals surface area contributed by atoms with Crippen molar-refractivity contribution in [1.82, 2.24) is 10.3 Å². The van der Waals surface area contributed by atoms with E-state index in [2.05, 4.69) is 15.6 Å². The average Bonchev–Trinajstić information content (AvgIpc) is 3.01. The van der Waals surface area contributed by atoms with Crippen LogP contribution >= 0.6 is 11.3 Å². The number of rotatable bonds is 4. The summed E-state index contributed by atoms with van der Waals surface area (Å²) >= 11 is 1.43. The molecule has 4 nitrogen and oxygen atoms in total. The minimum Gasteiger partial charge on any atom is -0.333 e. The molecule has 0 unspecified atom stereocenters. The van der Waals surface area contributed by atoms with E-state index in [1.54, 1.807) is 0 Å². The zero-order valence-electron chi connectivity index (χ0n) is 14.3. The molecule has 0 aliphatic rings. The van der Waals surface area contributed by atoms with Crippen molar-refractivity contribution >= 4 is 23.1 Å². The van der Waals surface area contributed by atoms with Crippen LogP contribution in [-0.4, -0.2) is 11.0 Å². The summed E-state index contributed by atoms with van der Waals surface area (Å²) in [6.45, 7) is 2.01. The minimum atomic E-state index is -4.54. The van der Waals surface area contributed by atoms with Gasteiger partial charge in [-0.3, -0.25) is 0 Å². The number of alkyl halides is 3. The third-order valence-electron chi connectivity index (χ3n) is 3.80. The Morgan fingerprint density at radius 2 is 1.74 bits per heavy atom. The Bertz CT molecular complexity index is 939. The maximum absolute atomic E-state index is 13.0. The molecule has 0 saturated carbocycles. The van der Waals surface area contributed by atoms with Crippen LogP contribution in [0.1, 0.15) is 16.1 Å². The summed E-state index contributed by atoms with van der Waals surface area (Å²) in [6.07, 6.45) is -4.54. The number of halogens is 3. The Balaban J connectivity index is 1.66. The monoisotopic (exact) mass is 391 g/mol. The zero-order chi connectivity index (χ0) is 19.4. The largest absolute Gasteiger partial charge is 0.418 e. The fraction of sp³-hybridized carbons (Fsp3) is 0.158. The van der Waals surface area contributed by atoms with Crippen LogP contribution in [0, 0.1) is 6.92 Å². The van der Waals surface area contributed by atoms with E-state index in [1.165, 1.54) is 29.5 Å². The van der Waals surface area contributed by atoms with Gasteiger partial charge in [-0.15, -0.1) is 11.3 Å². The number of nitrogens with one attached hydrogen (secondary N) is 2. The first-order valence-corrected chi connectivity index (χ1v) is 8.89. The first kappa shape index (κ1) is 18.9. The van der Waals surface area contributed by atoms with Crippen LogP contribution in [0.4, 0.5) is 23.7 Å². The van der Waals surface area contributed by atoms with Gasteiger partial charge in [0, 0.05) is 10.4 Å². The van der Waals surface area contributed by atoms with Gasteiger partial charge < -0.3 is 10.6 Å². The summed E-state index contributed by atoms with van der Waals surface area (Å²) in [5, 5.41) is 5.67. The van der Waals surface area contributed by atoms with Crippen molar-refractivity contribution in [3.63, 3.8) is 0 Å². The highest BCUT2D eigenvalue weighted by Gasteiger charge is 2.33. The van der Waals surface area contributed by atoms with E-state index in [0.717, 1.165) is 27.2 Å². The molecule has 1 heterocycles. The van der Waals surface area contributed by atoms with Crippen LogP contribution in [0.3, 0.4) is 0 Å². The van der Waals surface area contributed by atoms with Gasteiger partial charge >= 0.3 is 12.2 Å². The lowest BCUT2D eigenvalue weighted by Gasteiger charge is -2.13. The van der Waals surface area contributed by atoms with E-state index in [-0.39, 0.29) is 12.2 Å².